The molecule has 3 amide bonds. The molecule has 0 aromatic heterocycles. The minimum Gasteiger partial charge on any atom is -0.394 e. The molecule has 4 N–H and O–H groups in total. The number of nitriles is 1. The Labute approximate surface area is 228 Å². The first-order valence-electron chi connectivity index (χ1n) is 13.3. The number of hydrogen-bond donors (Lipinski definition) is 4. The predicted octanol–water partition coefficient (Wildman–Crippen LogP) is 2.50. The lowest BCUT2D eigenvalue weighted by molar-refractivity contribution is -0.127. The Morgan fingerprint density at radius 3 is 2.63 bits per heavy atom. The minimum absolute atomic E-state index is 0.0337. The van der Waals surface area contributed by atoms with E-state index in [1.165, 1.54) is 29.5 Å². The van der Waals surface area contributed by atoms with E-state index in [4.69, 9.17) is 0 Å². The number of thioether (sulfide) groups is 1. The van der Waals surface area contributed by atoms with Crippen molar-refractivity contribution in [1.82, 2.24) is 15.1 Å². The molecule has 0 saturated carbocycles. The van der Waals surface area contributed by atoms with Gasteiger partial charge in [-0.15, -0.1) is 0 Å². The van der Waals surface area contributed by atoms with Crippen LogP contribution in [-0.4, -0.2) is 83.3 Å². The molecule has 2 fully saturated rings. The number of aliphatic hydroxyl groups excluding tert-OH is 1. The quantitative estimate of drug-likeness (QED) is 0.220. The van der Waals surface area contributed by atoms with Gasteiger partial charge in [0.05, 0.1) is 12.6 Å². The van der Waals surface area contributed by atoms with Crippen LogP contribution in [-0.2, 0) is 14.4 Å². The number of nitrogens with one attached hydrogen (secondary N) is 3. The smallest absolute Gasteiger partial charge is 0.264 e. The molecule has 0 bridgehead atoms. The maximum Gasteiger partial charge on any atom is 0.264 e. The van der Waals surface area contributed by atoms with Crippen molar-refractivity contribution >= 4 is 40.9 Å². The number of benzene rings is 1. The van der Waals surface area contributed by atoms with E-state index < -0.39 is 17.2 Å². The number of amides is 3. The molecular formula is C27H38N6O4S. The van der Waals surface area contributed by atoms with E-state index in [1.807, 2.05) is 37.3 Å². The van der Waals surface area contributed by atoms with Crippen LogP contribution in [0.2, 0.25) is 0 Å². The van der Waals surface area contributed by atoms with Crippen LogP contribution < -0.4 is 16.0 Å². The summed E-state index contributed by atoms with van der Waals surface area (Å²) in [4.78, 5) is 42.0. The van der Waals surface area contributed by atoms with Crippen LogP contribution in [0.15, 0.2) is 34.9 Å². The summed E-state index contributed by atoms with van der Waals surface area (Å²) in [5.74, 6) is -0.802. The van der Waals surface area contributed by atoms with Crippen molar-refractivity contribution < 1.29 is 19.5 Å². The van der Waals surface area contributed by atoms with Gasteiger partial charge >= 0.3 is 0 Å². The second kappa shape index (κ2) is 14.8. The summed E-state index contributed by atoms with van der Waals surface area (Å²) in [7, 11) is 0. The molecule has 1 aromatic carbocycles. The molecule has 0 aliphatic carbocycles. The molecule has 11 heteroatoms. The zero-order valence-corrected chi connectivity index (χ0v) is 23.0. The van der Waals surface area contributed by atoms with Gasteiger partial charge in [-0.2, -0.15) is 5.26 Å². The molecule has 2 saturated heterocycles. The predicted molar refractivity (Wildman–Crippen MR) is 149 cm³/mol. The topological polar surface area (TPSA) is 138 Å². The number of hydrogen-bond acceptors (Lipinski definition) is 8. The van der Waals surface area contributed by atoms with Crippen molar-refractivity contribution in [2.24, 2.45) is 0 Å². The van der Waals surface area contributed by atoms with Crippen LogP contribution in [0.5, 0.6) is 0 Å². The summed E-state index contributed by atoms with van der Waals surface area (Å²) in [6.45, 7) is 7.00. The third-order valence-electron chi connectivity index (χ3n) is 6.59. The summed E-state index contributed by atoms with van der Waals surface area (Å²) in [5.41, 5.74) is 1.30. The lowest BCUT2D eigenvalue weighted by atomic mass is 10.1. The van der Waals surface area contributed by atoms with E-state index >= 15 is 0 Å². The molecule has 1 aromatic rings. The molecule has 2 aliphatic heterocycles. The van der Waals surface area contributed by atoms with Crippen molar-refractivity contribution in [2.75, 3.05) is 50.0 Å². The van der Waals surface area contributed by atoms with E-state index in [-0.39, 0.29) is 30.5 Å². The van der Waals surface area contributed by atoms with Gasteiger partial charge in [0.1, 0.15) is 21.9 Å². The lowest BCUT2D eigenvalue weighted by Gasteiger charge is -2.18. The van der Waals surface area contributed by atoms with Crippen molar-refractivity contribution in [2.45, 2.75) is 57.2 Å². The summed E-state index contributed by atoms with van der Waals surface area (Å²) in [6.07, 6.45) is 4.19. The highest BCUT2D eigenvalue weighted by Gasteiger charge is 2.39. The number of carbonyl (C=O) groups is 3. The number of carbonyl (C=O) groups excluding carboxylic acids is 3. The van der Waals surface area contributed by atoms with Crippen molar-refractivity contribution in [3.8, 4) is 6.07 Å². The first-order chi connectivity index (χ1) is 18.4. The fraction of sp³-hybridized carbons (Fsp3) is 0.556. The molecule has 38 heavy (non-hydrogen) atoms. The Morgan fingerprint density at radius 2 is 1.97 bits per heavy atom. The number of rotatable bonds is 13. The Balaban J connectivity index is 1.61. The minimum atomic E-state index is -0.587. The van der Waals surface area contributed by atoms with Crippen LogP contribution in [0.4, 0.5) is 11.4 Å². The van der Waals surface area contributed by atoms with Gasteiger partial charge in [-0.05, 0) is 57.5 Å². The maximum absolute atomic E-state index is 13.1. The number of anilines is 2. The molecule has 206 valence electrons. The van der Waals surface area contributed by atoms with E-state index in [0.29, 0.717) is 30.1 Å². The Hall–Kier alpha value is -3.07. The highest BCUT2D eigenvalue weighted by atomic mass is 32.2. The van der Waals surface area contributed by atoms with Gasteiger partial charge < -0.3 is 30.9 Å². The van der Waals surface area contributed by atoms with Crippen LogP contribution in [0.1, 0.15) is 46.0 Å². The van der Waals surface area contributed by atoms with Crippen LogP contribution in [0.3, 0.4) is 0 Å². The third kappa shape index (κ3) is 7.96. The average Bonchev–Trinajstić information content (AvgIpc) is 3.54. The summed E-state index contributed by atoms with van der Waals surface area (Å²) in [6, 6.07) is 8.84. The van der Waals surface area contributed by atoms with Gasteiger partial charge in [0.15, 0.2) is 0 Å². The van der Waals surface area contributed by atoms with Crippen molar-refractivity contribution in [3.63, 3.8) is 0 Å². The Bertz CT molecular complexity index is 1070. The fourth-order valence-electron chi connectivity index (χ4n) is 4.56. The zero-order valence-electron chi connectivity index (χ0n) is 22.2. The molecule has 1 unspecified atom stereocenters. The van der Waals surface area contributed by atoms with Crippen LogP contribution in [0, 0.1) is 11.3 Å². The Morgan fingerprint density at radius 1 is 1.24 bits per heavy atom. The molecule has 0 radical (unpaired) electrons. The van der Waals surface area contributed by atoms with Gasteiger partial charge in [-0.3, -0.25) is 14.4 Å². The summed E-state index contributed by atoms with van der Waals surface area (Å²) in [5, 5.41) is 27.9. The molecule has 2 aliphatic rings. The van der Waals surface area contributed by atoms with Crippen molar-refractivity contribution in [3.05, 3.63) is 34.9 Å². The van der Waals surface area contributed by atoms with E-state index in [2.05, 4.69) is 20.9 Å². The van der Waals surface area contributed by atoms with Gasteiger partial charge in [0, 0.05) is 37.4 Å². The van der Waals surface area contributed by atoms with E-state index in [0.717, 1.165) is 31.7 Å². The number of aliphatic hydroxyl groups is 1. The fourth-order valence-corrected chi connectivity index (χ4v) is 5.83. The second-order valence-corrected chi connectivity index (χ2v) is 10.6. The molecule has 2 atom stereocenters. The first-order valence-corrected chi connectivity index (χ1v) is 14.2. The van der Waals surface area contributed by atoms with Gasteiger partial charge in [-0.25, -0.2) is 0 Å². The van der Waals surface area contributed by atoms with E-state index in [1.54, 1.807) is 6.92 Å². The van der Waals surface area contributed by atoms with Crippen LogP contribution in [0.25, 0.3) is 0 Å². The normalized spacial score (nSPS) is 19.7. The van der Waals surface area contributed by atoms with Gasteiger partial charge in [0.25, 0.3) is 5.91 Å². The monoisotopic (exact) mass is 542 g/mol. The highest BCUT2D eigenvalue weighted by molar-refractivity contribution is 8.04. The van der Waals surface area contributed by atoms with Gasteiger partial charge in [0.2, 0.25) is 11.8 Å². The van der Waals surface area contributed by atoms with E-state index in [9.17, 15) is 24.8 Å². The Kier molecular flexibility index (Phi) is 11.5. The third-order valence-corrected chi connectivity index (χ3v) is 7.89. The summed E-state index contributed by atoms with van der Waals surface area (Å²) >= 11 is 1.19. The number of likely N-dealkylation sites (tertiary alicyclic amines) is 1. The molecule has 10 nitrogen and oxygen atoms in total. The lowest BCUT2D eigenvalue weighted by Crippen LogP contribution is -2.39. The molecule has 0 spiro atoms. The molecular weight excluding hydrogens is 504 g/mol. The first kappa shape index (κ1) is 29.5. The zero-order chi connectivity index (χ0) is 27.5. The standard InChI is InChI=1S/C27H38N6O4S/c1-3-8-21(18-34)31-25(36)22(16-28)27-33(4-2)26(37)23(38-27)17-29-19-9-7-10-20(15-19)30-24(35)11-14-32-12-5-6-13-32/h7,9-10,15,21,23,29,34H,3-6,8,11-14,17-18H2,1-2H3,(H,30,35)(H,31,36)/b27-22-/t21?,23-/m1/s1. The maximum atomic E-state index is 13.1. The van der Waals surface area contributed by atoms with Crippen molar-refractivity contribution in [1.29, 1.82) is 5.26 Å². The highest BCUT2D eigenvalue weighted by Crippen LogP contribution is 2.37. The SMILES string of the molecule is CCCC(CO)NC(=O)/C(C#N)=C1\S[C@H](CNc2cccc(NC(=O)CCN3CCCC3)c2)C(=O)N1CC. The molecule has 3 rings (SSSR count). The number of nitrogens with zero attached hydrogens (tertiary/aromatic N) is 3. The second-order valence-electron chi connectivity index (χ2n) is 9.43. The summed E-state index contributed by atoms with van der Waals surface area (Å²) < 4.78 is 0. The average molecular weight is 543 g/mol. The largest absolute Gasteiger partial charge is 0.394 e. The molecule has 2 heterocycles. The van der Waals surface area contributed by atoms with Crippen LogP contribution >= 0.6 is 11.8 Å². The van der Waals surface area contributed by atoms with Gasteiger partial charge in [-0.1, -0.05) is 31.2 Å².